The average molecular weight is 229 g/mol. The van der Waals surface area contributed by atoms with Gasteiger partial charge in [-0.3, -0.25) is 4.79 Å². The molecule has 1 rings (SSSR count). The van der Waals surface area contributed by atoms with Crippen LogP contribution in [0.25, 0.3) is 0 Å². The van der Waals surface area contributed by atoms with Gasteiger partial charge in [-0.05, 0) is 0 Å². The summed E-state index contributed by atoms with van der Waals surface area (Å²) in [7, 11) is 3.23. The summed E-state index contributed by atoms with van der Waals surface area (Å²) in [6.45, 7) is 3.82. The first-order valence-electron chi connectivity index (χ1n) is 4.64. The van der Waals surface area contributed by atoms with Crippen LogP contribution >= 0.6 is 11.8 Å². The Labute approximate surface area is 93.2 Å². The third-order valence-corrected chi connectivity index (χ3v) is 3.60. The lowest BCUT2D eigenvalue weighted by Crippen LogP contribution is -2.22. The molecule has 0 aliphatic heterocycles. The van der Waals surface area contributed by atoms with Crippen molar-refractivity contribution >= 4 is 17.7 Å². The van der Waals surface area contributed by atoms with Crippen LogP contribution in [0, 0.1) is 5.92 Å². The topological polar surface area (TPSA) is 57.0 Å². The minimum absolute atomic E-state index is 0.111. The molecule has 6 heteroatoms. The predicted octanol–water partition coefficient (Wildman–Crippen LogP) is 1.10. The van der Waals surface area contributed by atoms with Crippen molar-refractivity contribution in [2.45, 2.75) is 24.3 Å². The zero-order chi connectivity index (χ0) is 11.4. The zero-order valence-corrected chi connectivity index (χ0v) is 10.1. The Morgan fingerprint density at radius 2 is 2.27 bits per heavy atom. The molecule has 2 unspecified atom stereocenters. The van der Waals surface area contributed by atoms with Crippen molar-refractivity contribution in [3.63, 3.8) is 0 Å². The molecule has 0 aromatic carbocycles. The first kappa shape index (κ1) is 12.0. The van der Waals surface area contributed by atoms with Crippen molar-refractivity contribution in [1.29, 1.82) is 0 Å². The summed E-state index contributed by atoms with van der Waals surface area (Å²) < 4.78 is 6.37. The molecule has 15 heavy (non-hydrogen) atoms. The van der Waals surface area contributed by atoms with Crippen LogP contribution in [0.2, 0.25) is 0 Å². The third-order valence-electron chi connectivity index (χ3n) is 2.24. The molecular formula is C9H15N3O2S. The first-order chi connectivity index (χ1) is 7.06. The van der Waals surface area contributed by atoms with Gasteiger partial charge < -0.3 is 4.74 Å². The Hall–Kier alpha value is -1.04. The van der Waals surface area contributed by atoms with Gasteiger partial charge in [0.05, 0.1) is 13.0 Å². The number of rotatable bonds is 4. The number of aromatic nitrogens is 3. The fraction of sp³-hybridized carbons (Fsp3) is 0.667. The van der Waals surface area contributed by atoms with E-state index >= 15 is 0 Å². The van der Waals surface area contributed by atoms with Gasteiger partial charge in [0, 0.05) is 12.3 Å². The second kappa shape index (κ2) is 5.16. The van der Waals surface area contributed by atoms with Gasteiger partial charge in [0.15, 0.2) is 5.16 Å². The molecule has 5 nitrogen and oxygen atoms in total. The summed E-state index contributed by atoms with van der Waals surface area (Å²) in [4.78, 5) is 15.4. The lowest BCUT2D eigenvalue weighted by Gasteiger charge is -2.16. The normalized spacial score (nSPS) is 14.7. The smallest absolute Gasteiger partial charge is 0.309 e. The van der Waals surface area contributed by atoms with Crippen molar-refractivity contribution in [3.05, 3.63) is 6.33 Å². The minimum atomic E-state index is -0.197. The van der Waals surface area contributed by atoms with Crippen LogP contribution in [0.1, 0.15) is 13.8 Å². The molecule has 0 aliphatic carbocycles. The van der Waals surface area contributed by atoms with E-state index in [0.29, 0.717) is 0 Å². The maximum atomic E-state index is 11.3. The second-order valence-corrected chi connectivity index (χ2v) is 4.65. The summed E-state index contributed by atoms with van der Waals surface area (Å²) in [5.74, 6) is -0.353. The lowest BCUT2D eigenvalue weighted by molar-refractivity contribution is -0.144. The monoisotopic (exact) mass is 229 g/mol. The molecule has 0 amide bonds. The van der Waals surface area contributed by atoms with Gasteiger partial charge >= 0.3 is 5.97 Å². The molecule has 1 heterocycles. The second-order valence-electron chi connectivity index (χ2n) is 3.30. The Balaban J connectivity index is 2.59. The summed E-state index contributed by atoms with van der Waals surface area (Å²) in [5.41, 5.74) is 0. The summed E-state index contributed by atoms with van der Waals surface area (Å²) in [5, 5.41) is 4.88. The maximum Gasteiger partial charge on any atom is 0.309 e. The predicted molar refractivity (Wildman–Crippen MR) is 57.5 cm³/mol. The largest absolute Gasteiger partial charge is 0.469 e. The fourth-order valence-electron chi connectivity index (χ4n) is 1.04. The van der Waals surface area contributed by atoms with Gasteiger partial charge in [0.25, 0.3) is 0 Å². The summed E-state index contributed by atoms with van der Waals surface area (Å²) in [6, 6.07) is 0. The van der Waals surface area contributed by atoms with Crippen LogP contribution in [0.15, 0.2) is 11.5 Å². The van der Waals surface area contributed by atoms with Crippen molar-refractivity contribution in [3.8, 4) is 0 Å². The van der Waals surface area contributed by atoms with Crippen LogP contribution in [0.5, 0.6) is 0 Å². The Morgan fingerprint density at radius 1 is 1.60 bits per heavy atom. The molecular weight excluding hydrogens is 214 g/mol. The van der Waals surface area contributed by atoms with Crippen LogP contribution in [0.4, 0.5) is 0 Å². The van der Waals surface area contributed by atoms with Gasteiger partial charge in [-0.1, -0.05) is 25.6 Å². The van der Waals surface area contributed by atoms with Crippen LogP contribution in [-0.2, 0) is 16.6 Å². The van der Waals surface area contributed by atoms with E-state index in [2.05, 4.69) is 14.8 Å². The lowest BCUT2D eigenvalue weighted by atomic mass is 10.1. The van der Waals surface area contributed by atoms with Crippen molar-refractivity contribution < 1.29 is 9.53 Å². The molecule has 0 spiro atoms. The molecule has 0 bridgehead atoms. The van der Waals surface area contributed by atoms with Gasteiger partial charge in [-0.25, -0.2) is 9.67 Å². The highest BCUT2D eigenvalue weighted by Gasteiger charge is 2.23. The zero-order valence-electron chi connectivity index (χ0n) is 9.30. The molecule has 0 saturated carbocycles. The van der Waals surface area contributed by atoms with Crippen LogP contribution in [0.3, 0.4) is 0 Å². The number of carbonyl (C=O) groups excluding carboxylic acids is 1. The van der Waals surface area contributed by atoms with Crippen molar-refractivity contribution in [1.82, 2.24) is 14.8 Å². The number of hydrogen-bond donors (Lipinski definition) is 0. The first-order valence-corrected chi connectivity index (χ1v) is 5.52. The van der Waals surface area contributed by atoms with Gasteiger partial charge in [0.2, 0.25) is 0 Å². The highest BCUT2D eigenvalue weighted by molar-refractivity contribution is 7.99. The number of hydrogen-bond acceptors (Lipinski definition) is 5. The molecule has 0 aliphatic rings. The van der Waals surface area contributed by atoms with Crippen molar-refractivity contribution in [2.75, 3.05) is 7.11 Å². The van der Waals surface area contributed by atoms with E-state index in [9.17, 15) is 4.79 Å². The number of aryl methyl sites for hydroxylation is 1. The molecule has 0 N–H and O–H groups in total. The highest BCUT2D eigenvalue weighted by atomic mass is 32.2. The molecule has 0 fully saturated rings. The molecule has 2 atom stereocenters. The maximum absolute atomic E-state index is 11.3. The van der Waals surface area contributed by atoms with E-state index in [0.717, 1.165) is 5.16 Å². The minimum Gasteiger partial charge on any atom is -0.469 e. The Kier molecular flexibility index (Phi) is 4.14. The Morgan fingerprint density at radius 3 is 2.73 bits per heavy atom. The molecule has 1 aromatic rings. The summed E-state index contributed by atoms with van der Waals surface area (Å²) >= 11 is 1.52. The number of nitrogens with zero attached hydrogens (tertiary/aromatic N) is 3. The van der Waals surface area contributed by atoms with Gasteiger partial charge in [-0.15, -0.1) is 0 Å². The quantitative estimate of drug-likeness (QED) is 0.571. The number of ether oxygens (including phenoxy) is 1. The average Bonchev–Trinajstić information content (AvgIpc) is 2.62. The standard InChI is InChI=1S/C9H15N3O2S/c1-6(8(13)14-4)7(2)15-9-10-5-11-12(9)3/h5-7H,1-4H3. The molecule has 1 aromatic heterocycles. The van der Waals surface area contributed by atoms with E-state index in [1.54, 1.807) is 4.68 Å². The van der Waals surface area contributed by atoms with Crippen LogP contribution < -0.4 is 0 Å². The van der Waals surface area contributed by atoms with E-state index in [1.165, 1.54) is 25.2 Å². The molecule has 0 radical (unpaired) electrons. The molecule has 84 valence electrons. The van der Waals surface area contributed by atoms with Gasteiger partial charge in [-0.2, -0.15) is 5.10 Å². The third kappa shape index (κ3) is 2.95. The number of methoxy groups -OCH3 is 1. The number of esters is 1. The van der Waals surface area contributed by atoms with Crippen LogP contribution in [-0.4, -0.2) is 33.1 Å². The summed E-state index contributed by atoms with van der Waals surface area (Å²) in [6.07, 6.45) is 1.50. The van der Waals surface area contributed by atoms with E-state index < -0.39 is 0 Å². The Bertz CT molecular complexity index is 340. The highest BCUT2D eigenvalue weighted by Crippen LogP contribution is 2.26. The van der Waals surface area contributed by atoms with Crippen molar-refractivity contribution in [2.24, 2.45) is 13.0 Å². The van der Waals surface area contributed by atoms with E-state index in [4.69, 9.17) is 0 Å². The SMILES string of the molecule is COC(=O)C(C)C(C)Sc1ncnn1C. The number of carbonyl (C=O) groups is 1. The molecule has 0 saturated heterocycles. The number of thioether (sulfide) groups is 1. The van der Waals surface area contributed by atoms with Gasteiger partial charge in [0.1, 0.15) is 6.33 Å². The van der Waals surface area contributed by atoms with E-state index in [-0.39, 0.29) is 17.1 Å². The fourth-order valence-corrected chi connectivity index (χ4v) is 1.99. The van der Waals surface area contributed by atoms with E-state index in [1.807, 2.05) is 20.9 Å².